The molecule has 0 spiro atoms. The van der Waals surface area contributed by atoms with Crippen LogP contribution in [0.15, 0.2) is 47.4 Å². The molecule has 5 heterocycles. The average molecular weight is 781 g/mol. The Bertz CT molecular complexity index is 2380. The number of likely N-dealkylation sites (tertiary alicyclic amines) is 2. The van der Waals surface area contributed by atoms with Crippen LogP contribution in [0.4, 0.5) is 9.59 Å². The topological polar surface area (TPSA) is 220 Å². The summed E-state index contributed by atoms with van der Waals surface area (Å²) in [6, 6.07) is 8.97. The molecule has 2 aliphatic rings. The largest absolute Gasteiger partial charge is 0.453 e. The van der Waals surface area contributed by atoms with Gasteiger partial charge in [-0.1, -0.05) is 33.8 Å². The average Bonchev–Trinajstić information content (AvgIpc) is 4.03. The third kappa shape index (κ3) is 7.78. The Labute approximate surface area is 328 Å². The predicted molar refractivity (Wildman–Crippen MR) is 211 cm³/mol. The van der Waals surface area contributed by atoms with Gasteiger partial charge in [-0.2, -0.15) is 0 Å². The van der Waals surface area contributed by atoms with Gasteiger partial charge < -0.3 is 44.9 Å². The number of alkyl carbamates (subject to hydrolysis) is 2. The molecule has 4 atom stereocenters. The zero-order valence-corrected chi connectivity index (χ0v) is 32.8. The summed E-state index contributed by atoms with van der Waals surface area (Å²) in [4.78, 5) is 92.1. The Morgan fingerprint density at radius 1 is 0.719 bits per heavy atom. The quantitative estimate of drug-likeness (QED) is 0.128. The van der Waals surface area contributed by atoms with Gasteiger partial charge in [0.05, 0.1) is 53.9 Å². The first-order valence-corrected chi connectivity index (χ1v) is 19.3. The van der Waals surface area contributed by atoms with Gasteiger partial charge in [0.2, 0.25) is 11.8 Å². The molecule has 3 aromatic heterocycles. The first kappa shape index (κ1) is 39.0. The summed E-state index contributed by atoms with van der Waals surface area (Å²) in [5.41, 5.74) is 4.20. The molecule has 0 saturated carbocycles. The van der Waals surface area contributed by atoms with E-state index in [1.807, 2.05) is 64.1 Å². The maximum atomic E-state index is 13.6. The molecule has 2 saturated heterocycles. The summed E-state index contributed by atoms with van der Waals surface area (Å²) in [6.45, 7) is 8.57. The lowest BCUT2D eigenvalue weighted by atomic mass is 10.0. The normalized spacial score (nSPS) is 18.0. The molecule has 0 radical (unpaired) electrons. The lowest BCUT2D eigenvalue weighted by molar-refractivity contribution is -0.136. The lowest BCUT2D eigenvalue weighted by Crippen LogP contribution is -2.51. The van der Waals surface area contributed by atoms with Crippen LogP contribution in [-0.2, 0) is 19.1 Å². The van der Waals surface area contributed by atoms with Crippen LogP contribution in [0.5, 0.6) is 0 Å². The van der Waals surface area contributed by atoms with E-state index in [4.69, 9.17) is 19.4 Å². The highest BCUT2D eigenvalue weighted by molar-refractivity contribution is 5.88. The SMILES string of the molecule is COC(=O)N[C@H](C(=O)N1CCC[C@H]1c1nc2ccc(-c3ncc(-c4ccc5nc([C@@H]6CCCN6C(=O)[C@@H](NC(=O)OC)C(C)C)[nH]c5c4)c(=O)[nH]3)cc2[nH]1)C(C)C. The van der Waals surface area contributed by atoms with Crippen molar-refractivity contribution in [2.45, 2.75) is 77.5 Å². The van der Waals surface area contributed by atoms with Gasteiger partial charge in [-0.05, 0) is 73.4 Å². The number of nitrogens with zero attached hydrogens (tertiary/aromatic N) is 5. The van der Waals surface area contributed by atoms with Gasteiger partial charge in [-0.3, -0.25) is 14.4 Å². The van der Waals surface area contributed by atoms with E-state index in [0.29, 0.717) is 70.2 Å². The second-order valence-corrected chi connectivity index (χ2v) is 15.3. The van der Waals surface area contributed by atoms with E-state index >= 15 is 0 Å². The van der Waals surface area contributed by atoms with Gasteiger partial charge in [0, 0.05) is 24.8 Å². The number of ether oxygens (including phenoxy) is 2. The molecule has 5 N–H and O–H groups in total. The fraction of sp³-hybridized carbons (Fsp3) is 0.450. The van der Waals surface area contributed by atoms with E-state index in [0.717, 1.165) is 24.8 Å². The number of aromatic amines is 3. The first-order valence-electron chi connectivity index (χ1n) is 19.3. The van der Waals surface area contributed by atoms with Crippen LogP contribution in [0.2, 0.25) is 0 Å². The van der Waals surface area contributed by atoms with Crippen LogP contribution >= 0.6 is 0 Å². The van der Waals surface area contributed by atoms with Crippen LogP contribution in [0, 0.1) is 11.8 Å². The van der Waals surface area contributed by atoms with Gasteiger partial charge in [0.1, 0.15) is 29.6 Å². The molecule has 0 unspecified atom stereocenters. The fourth-order valence-electron chi connectivity index (χ4n) is 7.82. The van der Waals surface area contributed by atoms with Crippen molar-refractivity contribution in [3.63, 3.8) is 0 Å². The molecule has 57 heavy (non-hydrogen) atoms. The number of imidazole rings is 2. The monoisotopic (exact) mass is 780 g/mol. The maximum absolute atomic E-state index is 13.6. The number of rotatable bonds is 10. The van der Waals surface area contributed by atoms with Gasteiger partial charge >= 0.3 is 12.2 Å². The number of amides is 4. The van der Waals surface area contributed by atoms with Gasteiger partial charge in [-0.25, -0.2) is 24.5 Å². The third-order valence-electron chi connectivity index (χ3n) is 10.9. The van der Waals surface area contributed by atoms with Crippen LogP contribution in [0.25, 0.3) is 44.6 Å². The van der Waals surface area contributed by atoms with Crippen molar-refractivity contribution in [3.8, 4) is 22.5 Å². The molecule has 7 rings (SSSR count). The van der Waals surface area contributed by atoms with Crippen LogP contribution in [0.1, 0.15) is 77.1 Å². The fourth-order valence-corrected chi connectivity index (χ4v) is 7.82. The Morgan fingerprint density at radius 2 is 1.19 bits per heavy atom. The highest BCUT2D eigenvalue weighted by atomic mass is 16.5. The van der Waals surface area contributed by atoms with Crippen molar-refractivity contribution in [3.05, 3.63) is 64.6 Å². The molecule has 0 aliphatic carbocycles. The van der Waals surface area contributed by atoms with Crippen LogP contribution in [0.3, 0.4) is 0 Å². The number of fused-ring (bicyclic) bond motifs is 2. The summed E-state index contributed by atoms with van der Waals surface area (Å²) >= 11 is 0. The minimum absolute atomic E-state index is 0.146. The summed E-state index contributed by atoms with van der Waals surface area (Å²) in [6.07, 6.45) is 3.25. The minimum Gasteiger partial charge on any atom is -0.453 e. The van der Waals surface area contributed by atoms with Crippen molar-refractivity contribution in [1.82, 2.24) is 50.3 Å². The van der Waals surface area contributed by atoms with Gasteiger partial charge in [-0.15, -0.1) is 0 Å². The van der Waals surface area contributed by atoms with E-state index in [-0.39, 0.29) is 41.3 Å². The predicted octanol–water partition coefficient (Wildman–Crippen LogP) is 4.94. The van der Waals surface area contributed by atoms with Crippen LogP contribution in [-0.4, -0.2) is 103 Å². The minimum atomic E-state index is -0.739. The molecule has 4 amide bonds. The van der Waals surface area contributed by atoms with Gasteiger partial charge in [0.25, 0.3) is 5.56 Å². The number of carbonyl (C=O) groups excluding carboxylic acids is 4. The number of benzene rings is 2. The highest BCUT2D eigenvalue weighted by Crippen LogP contribution is 2.35. The molecule has 300 valence electrons. The van der Waals surface area contributed by atoms with E-state index in [9.17, 15) is 24.0 Å². The number of hydrogen-bond acceptors (Lipinski definition) is 10. The molecule has 0 bridgehead atoms. The molecular weight excluding hydrogens is 733 g/mol. The van der Waals surface area contributed by atoms with Crippen molar-refractivity contribution in [2.24, 2.45) is 11.8 Å². The van der Waals surface area contributed by atoms with Crippen molar-refractivity contribution < 1.29 is 28.7 Å². The summed E-state index contributed by atoms with van der Waals surface area (Å²) in [5.74, 6) is 0.985. The molecule has 5 aromatic rings. The van der Waals surface area contributed by atoms with E-state index in [1.165, 1.54) is 14.2 Å². The molecule has 2 aliphatic heterocycles. The number of nitrogens with one attached hydrogen (secondary N) is 5. The smallest absolute Gasteiger partial charge is 0.407 e. The Morgan fingerprint density at radius 3 is 1.65 bits per heavy atom. The maximum Gasteiger partial charge on any atom is 0.407 e. The van der Waals surface area contributed by atoms with Crippen LogP contribution < -0.4 is 16.2 Å². The number of carbonyl (C=O) groups is 4. The number of hydrogen-bond donors (Lipinski definition) is 5. The Hall–Kier alpha value is -6.26. The Kier molecular flexibility index (Phi) is 11.0. The third-order valence-corrected chi connectivity index (χ3v) is 10.9. The molecule has 2 fully saturated rings. The van der Waals surface area contributed by atoms with E-state index < -0.39 is 24.3 Å². The van der Waals surface area contributed by atoms with Crippen molar-refractivity contribution in [2.75, 3.05) is 27.3 Å². The summed E-state index contributed by atoms with van der Waals surface area (Å²) < 4.78 is 9.50. The molecular formula is C40H48N10O7. The second-order valence-electron chi connectivity index (χ2n) is 15.3. The highest BCUT2D eigenvalue weighted by Gasteiger charge is 2.39. The number of H-pyrrole nitrogens is 3. The Balaban J connectivity index is 1.09. The van der Waals surface area contributed by atoms with Gasteiger partial charge in [0.15, 0.2) is 0 Å². The second kappa shape index (κ2) is 16.1. The zero-order valence-electron chi connectivity index (χ0n) is 32.8. The molecule has 17 nitrogen and oxygen atoms in total. The number of methoxy groups -OCH3 is 2. The summed E-state index contributed by atoms with van der Waals surface area (Å²) in [5, 5.41) is 5.35. The van der Waals surface area contributed by atoms with E-state index in [1.54, 1.807) is 16.0 Å². The summed E-state index contributed by atoms with van der Waals surface area (Å²) in [7, 11) is 2.54. The van der Waals surface area contributed by atoms with Crippen molar-refractivity contribution >= 4 is 46.1 Å². The van der Waals surface area contributed by atoms with Crippen molar-refractivity contribution in [1.29, 1.82) is 0 Å². The molecule has 17 heteroatoms. The lowest BCUT2D eigenvalue weighted by Gasteiger charge is -2.29. The zero-order chi connectivity index (χ0) is 40.5. The van der Waals surface area contributed by atoms with E-state index in [2.05, 4.69) is 30.6 Å². The first-order chi connectivity index (χ1) is 27.4. The number of aromatic nitrogens is 6. The molecule has 2 aromatic carbocycles. The standard InChI is InChI=1S/C40H48N10O7/c1-20(2)31(46-39(54)56-5)37(52)49-15-7-9-29(49)34-42-25-13-11-22(17-27(25)44-34)24-19-41-33(48-36(24)51)23-12-14-26-28(18-23)45-35(43-26)30-10-8-16-50(30)38(53)32(21(3)4)47-40(55)57-6/h11-14,17-21,29-32H,7-10,15-16H2,1-6H3,(H,42,44)(H,43,45)(H,46,54)(H,47,55)(H,41,48,51)/t29-,30-,31-,32-/m0/s1.